The predicted molar refractivity (Wildman–Crippen MR) is 125 cm³/mol. The van der Waals surface area contributed by atoms with Crippen LogP contribution in [0.15, 0.2) is 30.3 Å². The molecule has 1 fully saturated rings. The average molecular weight is 493 g/mol. The molecule has 0 atom stereocenters. The lowest BCUT2D eigenvalue weighted by molar-refractivity contribution is 0.125. The van der Waals surface area contributed by atoms with Crippen LogP contribution in [-0.2, 0) is 29.7 Å². The maximum absolute atomic E-state index is 6.96. The summed E-state index contributed by atoms with van der Waals surface area (Å²) in [7, 11) is -8.85. The quantitative estimate of drug-likeness (QED) is 0.541. The summed E-state index contributed by atoms with van der Waals surface area (Å²) in [6, 6.07) is 10.9. The van der Waals surface area contributed by atoms with Crippen molar-refractivity contribution in [1.82, 2.24) is 0 Å². The van der Waals surface area contributed by atoms with Crippen LogP contribution in [-0.4, -0.2) is 64.4 Å². The maximum atomic E-state index is 6.96. The molecule has 12 heteroatoms. The van der Waals surface area contributed by atoms with E-state index >= 15 is 0 Å². The third-order valence-corrected chi connectivity index (χ3v) is 26.9. The fourth-order valence-corrected chi connectivity index (χ4v) is 30.6. The minimum absolute atomic E-state index is 0.428. The molecule has 0 aromatic heterocycles. The van der Waals surface area contributed by atoms with E-state index in [4.69, 9.17) is 29.7 Å². The molecule has 0 spiro atoms. The topological polar surface area (TPSA) is 64.6 Å². The molecule has 0 N–H and O–H groups in total. The van der Waals surface area contributed by atoms with Gasteiger partial charge in [-0.25, -0.2) is 0 Å². The summed E-state index contributed by atoms with van der Waals surface area (Å²) in [4.78, 5) is 0. The molecule has 0 unspecified atom stereocenters. The number of rotatable bonds is 7. The molecule has 0 bridgehead atoms. The lowest BCUT2D eigenvalue weighted by Crippen LogP contribution is -2.72. The highest BCUT2D eigenvalue weighted by Crippen LogP contribution is 2.36. The molecule has 1 saturated heterocycles. The van der Waals surface area contributed by atoms with E-state index in [0.717, 1.165) is 11.2 Å². The first-order valence-electron chi connectivity index (χ1n) is 9.90. The zero-order chi connectivity index (χ0) is 22.0. The molecule has 0 saturated carbocycles. The Morgan fingerprint density at radius 3 is 1.59 bits per heavy atom. The van der Waals surface area contributed by atoms with Gasteiger partial charge < -0.3 is 29.7 Å². The third-order valence-electron chi connectivity index (χ3n) is 4.98. The second-order valence-corrected chi connectivity index (χ2v) is 26.2. The van der Waals surface area contributed by atoms with E-state index in [9.17, 15) is 0 Å². The van der Waals surface area contributed by atoms with Gasteiger partial charge in [-0.2, -0.15) is 0 Å². The first-order valence-corrected chi connectivity index (χ1v) is 22.0. The normalized spacial score (nSPS) is 29.8. The first-order chi connectivity index (χ1) is 13.4. The standard InChI is InChI=1S/C17H36O7Si5/c1-10-27(9)21-25(5,6)23-28(24-26(7,8)22-27,17-14-12-11-13-15-17)16-29(18-2,19-3)20-4/h11-15H,10,16H2,1-9H3. The van der Waals surface area contributed by atoms with Crippen LogP contribution in [0.25, 0.3) is 0 Å². The van der Waals surface area contributed by atoms with E-state index < -0.39 is 43.0 Å². The van der Waals surface area contributed by atoms with Crippen LogP contribution in [0.3, 0.4) is 0 Å². The van der Waals surface area contributed by atoms with Gasteiger partial charge in [-0.1, -0.05) is 37.3 Å². The molecule has 1 aromatic rings. The van der Waals surface area contributed by atoms with Crippen LogP contribution in [0, 0.1) is 0 Å². The molecular formula is C17H36O7Si5. The van der Waals surface area contributed by atoms with Gasteiger partial charge in [0, 0.05) is 21.3 Å². The molecule has 2 rings (SSSR count). The Morgan fingerprint density at radius 2 is 1.21 bits per heavy atom. The van der Waals surface area contributed by atoms with Gasteiger partial charge in [-0.3, -0.25) is 0 Å². The summed E-state index contributed by atoms with van der Waals surface area (Å²) >= 11 is 0. The molecule has 1 heterocycles. The average Bonchev–Trinajstić information content (AvgIpc) is 2.64. The smallest absolute Gasteiger partial charge is 0.416 e. The van der Waals surface area contributed by atoms with Crippen molar-refractivity contribution in [1.29, 1.82) is 0 Å². The van der Waals surface area contributed by atoms with E-state index in [1.807, 2.05) is 18.2 Å². The van der Waals surface area contributed by atoms with Crippen LogP contribution in [0.4, 0.5) is 0 Å². The van der Waals surface area contributed by atoms with Gasteiger partial charge in [0.05, 0.1) is 5.67 Å². The van der Waals surface area contributed by atoms with E-state index in [1.165, 1.54) is 0 Å². The minimum atomic E-state index is -3.10. The summed E-state index contributed by atoms with van der Waals surface area (Å²) < 4.78 is 44.6. The zero-order valence-corrected chi connectivity index (χ0v) is 24.2. The van der Waals surface area contributed by atoms with Crippen LogP contribution in [0.2, 0.25) is 44.4 Å². The predicted octanol–water partition coefficient (Wildman–Crippen LogP) is 3.33. The number of benzene rings is 1. The molecule has 0 aliphatic carbocycles. The van der Waals surface area contributed by atoms with Crippen molar-refractivity contribution in [3.05, 3.63) is 30.3 Å². The molecule has 0 amide bonds. The molecule has 0 radical (unpaired) electrons. The van der Waals surface area contributed by atoms with Crippen LogP contribution in [0.1, 0.15) is 6.92 Å². The first kappa shape index (κ1) is 25.3. The molecule has 1 aliphatic rings. The Bertz CT molecular complexity index is 641. The van der Waals surface area contributed by atoms with E-state index in [2.05, 4.69) is 51.8 Å². The Balaban J connectivity index is 2.65. The van der Waals surface area contributed by atoms with E-state index in [1.54, 1.807) is 21.3 Å². The van der Waals surface area contributed by atoms with Gasteiger partial charge >= 0.3 is 43.0 Å². The van der Waals surface area contributed by atoms with Crippen molar-refractivity contribution in [2.75, 3.05) is 21.3 Å². The largest absolute Gasteiger partial charge is 0.502 e. The second kappa shape index (κ2) is 9.26. The van der Waals surface area contributed by atoms with Crippen LogP contribution < -0.4 is 5.19 Å². The Morgan fingerprint density at radius 1 is 0.759 bits per heavy atom. The lowest BCUT2D eigenvalue weighted by Gasteiger charge is -2.50. The minimum Gasteiger partial charge on any atom is -0.416 e. The van der Waals surface area contributed by atoms with Crippen molar-refractivity contribution in [2.24, 2.45) is 0 Å². The lowest BCUT2D eigenvalue weighted by atomic mass is 10.4. The maximum Gasteiger partial charge on any atom is 0.502 e. The van der Waals surface area contributed by atoms with Gasteiger partial charge in [0.25, 0.3) is 0 Å². The van der Waals surface area contributed by atoms with Gasteiger partial charge in [0.15, 0.2) is 0 Å². The highest BCUT2D eigenvalue weighted by molar-refractivity contribution is 7.01. The fourth-order valence-electron chi connectivity index (χ4n) is 3.80. The Labute approximate surface area is 180 Å². The van der Waals surface area contributed by atoms with Crippen LogP contribution in [0.5, 0.6) is 0 Å². The van der Waals surface area contributed by atoms with Gasteiger partial charge in [-0.15, -0.1) is 0 Å². The monoisotopic (exact) mass is 492 g/mol. The summed E-state index contributed by atoms with van der Waals surface area (Å²) in [5.41, 5.74) is 0.428. The van der Waals surface area contributed by atoms with Crippen molar-refractivity contribution < 1.29 is 29.7 Å². The molecule has 1 aliphatic heterocycles. The summed E-state index contributed by atoms with van der Waals surface area (Å²) in [6.07, 6.45) is 0. The van der Waals surface area contributed by atoms with Crippen molar-refractivity contribution >= 4 is 48.2 Å². The number of hydrogen-bond donors (Lipinski definition) is 0. The molecule has 29 heavy (non-hydrogen) atoms. The van der Waals surface area contributed by atoms with E-state index in [0.29, 0.717) is 5.67 Å². The van der Waals surface area contributed by atoms with Crippen molar-refractivity contribution in [3.8, 4) is 0 Å². The summed E-state index contributed by atoms with van der Waals surface area (Å²) in [5.74, 6) is 0. The fraction of sp³-hybridized carbons (Fsp3) is 0.647. The Hall–Kier alpha value is 0.0244. The SMILES string of the molecule is CC[Si]1(C)O[Si](C)(C)O[Si](C[Si](OC)(OC)OC)(c2ccccc2)O[Si](C)(C)O1. The highest BCUT2D eigenvalue weighted by Gasteiger charge is 2.61. The summed E-state index contributed by atoms with van der Waals surface area (Å²) in [5, 5.41) is 1.01. The second-order valence-electron chi connectivity index (χ2n) is 8.29. The van der Waals surface area contributed by atoms with Gasteiger partial charge in [0.2, 0.25) is 0 Å². The van der Waals surface area contributed by atoms with Gasteiger partial charge in [0.1, 0.15) is 0 Å². The zero-order valence-electron chi connectivity index (χ0n) is 19.2. The van der Waals surface area contributed by atoms with Crippen molar-refractivity contribution in [2.45, 2.75) is 51.4 Å². The number of hydrogen-bond acceptors (Lipinski definition) is 7. The van der Waals surface area contributed by atoms with Crippen molar-refractivity contribution in [3.63, 3.8) is 0 Å². The van der Waals surface area contributed by atoms with Crippen LogP contribution >= 0.6 is 0 Å². The molecular weight excluding hydrogens is 457 g/mol. The highest BCUT2D eigenvalue weighted by atomic mass is 28.5. The molecule has 166 valence electrons. The molecule has 7 nitrogen and oxygen atoms in total. The summed E-state index contributed by atoms with van der Waals surface area (Å²) in [6.45, 7) is 12.5. The molecule has 1 aromatic carbocycles. The van der Waals surface area contributed by atoms with E-state index in [-0.39, 0.29) is 0 Å². The Kier molecular flexibility index (Phi) is 8.07. The third kappa shape index (κ3) is 6.05. The van der Waals surface area contributed by atoms with Gasteiger partial charge in [-0.05, 0) is 44.0 Å².